The number of aromatic nitrogens is 1. The number of piperazine rings is 1. The van der Waals surface area contributed by atoms with Crippen LogP contribution in [-0.2, 0) is 20.4 Å². The number of nitrogens with one attached hydrogen (secondary N) is 1. The lowest BCUT2D eigenvalue weighted by Crippen LogP contribution is -2.53. The second kappa shape index (κ2) is 11.0. The highest BCUT2D eigenvalue weighted by molar-refractivity contribution is 5.83. The molecule has 2 unspecified atom stereocenters. The van der Waals surface area contributed by atoms with E-state index in [1.165, 1.54) is 6.20 Å². The maximum Gasteiger partial charge on any atom is 0.416 e. The number of amides is 1. The van der Waals surface area contributed by atoms with Crippen LogP contribution in [0.5, 0.6) is 0 Å². The second-order valence-electron chi connectivity index (χ2n) is 10.3. The van der Waals surface area contributed by atoms with E-state index in [-0.39, 0.29) is 11.9 Å². The average Bonchev–Trinajstić information content (AvgIpc) is 3.27. The van der Waals surface area contributed by atoms with E-state index >= 15 is 0 Å². The molecule has 3 aliphatic rings. The number of methoxy groups -OCH3 is 1. The molecule has 3 heterocycles. The fourth-order valence-corrected chi connectivity index (χ4v) is 5.77. The fourth-order valence-electron chi connectivity index (χ4n) is 5.77. The lowest BCUT2D eigenvalue weighted by molar-refractivity contribution is -0.143. The topological polar surface area (TPSA) is 66.9 Å². The molecule has 10 heteroatoms. The largest absolute Gasteiger partial charge is 0.416 e. The van der Waals surface area contributed by atoms with Gasteiger partial charge in [0.05, 0.1) is 17.6 Å². The average molecular weight is 499 g/mol. The molecule has 7 nitrogen and oxygen atoms in total. The number of anilines is 1. The van der Waals surface area contributed by atoms with Crippen LogP contribution >= 0.6 is 0 Å². The van der Waals surface area contributed by atoms with Gasteiger partial charge in [0.25, 0.3) is 0 Å². The van der Waals surface area contributed by atoms with Crippen LogP contribution in [0.25, 0.3) is 0 Å². The van der Waals surface area contributed by atoms with Crippen molar-refractivity contribution in [2.45, 2.75) is 57.3 Å². The highest BCUT2D eigenvalue weighted by Crippen LogP contribution is 2.44. The summed E-state index contributed by atoms with van der Waals surface area (Å²) in [5.41, 5.74) is -1.17. The summed E-state index contributed by atoms with van der Waals surface area (Å²) in [6, 6.07) is 2.76. The summed E-state index contributed by atoms with van der Waals surface area (Å²) in [5.74, 6) is 0.901. The molecule has 0 bridgehead atoms. The summed E-state index contributed by atoms with van der Waals surface area (Å²) in [4.78, 5) is 21.7. The Kier molecular flexibility index (Phi) is 8.23. The van der Waals surface area contributed by atoms with E-state index in [0.717, 1.165) is 51.0 Å². The Morgan fingerprint density at radius 2 is 2.06 bits per heavy atom. The predicted molar refractivity (Wildman–Crippen MR) is 126 cm³/mol. The van der Waals surface area contributed by atoms with Crippen LogP contribution in [0.1, 0.15) is 44.6 Å². The Balaban J connectivity index is 1.38. The van der Waals surface area contributed by atoms with Crippen molar-refractivity contribution in [3.8, 4) is 0 Å². The summed E-state index contributed by atoms with van der Waals surface area (Å²) in [5, 5.41) is 3.80. The van der Waals surface area contributed by atoms with Gasteiger partial charge in [-0.25, -0.2) is 4.98 Å². The van der Waals surface area contributed by atoms with Crippen molar-refractivity contribution in [2.24, 2.45) is 11.3 Å². The first-order valence-electron chi connectivity index (χ1n) is 12.6. The van der Waals surface area contributed by atoms with Gasteiger partial charge in [0.2, 0.25) is 5.91 Å². The van der Waals surface area contributed by atoms with Crippen LogP contribution in [-0.4, -0.2) is 81.0 Å². The standard InChI is InChI=1S/C25H37F3N4O3/c1-18-17-35-13-5-21(18)30-20-3-6-24(16-20,7-14-34-2)23(33)32-11-9-31(10-12-32)22-15-19(4-8-29-22)25(26,27)28/h4,8,15,18,20-21,30H,3,5-7,9-14,16-17H2,1-2H3/t18?,20-,21?,24-/m1/s1. The van der Waals surface area contributed by atoms with Crippen LogP contribution in [0.3, 0.4) is 0 Å². The van der Waals surface area contributed by atoms with Crippen LogP contribution in [0.2, 0.25) is 0 Å². The van der Waals surface area contributed by atoms with Gasteiger partial charge >= 0.3 is 6.18 Å². The van der Waals surface area contributed by atoms with E-state index in [2.05, 4.69) is 17.2 Å². The third kappa shape index (κ3) is 6.09. The lowest BCUT2D eigenvalue weighted by atomic mass is 9.80. The van der Waals surface area contributed by atoms with Gasteiger partial charge in [-0.3, -0.25) is 4.79 Å². The van der Waals surface area contributed by atoms with Gasteiger partial charge < -0.3 is 24.6 Å². The van der Waals surface area contributed by atoms with Crippen molar-refractivity contribution in [2.75, 3.05) is 58.0 Å². The fraction of sp³-hybridized carbons (Fsp3) is 0.760. The molecule has 0 aromatic carbocycles. The van der Waals surface area contributed by atoms with Crippen LogP contribution in [0.4, 0.5) is 19.0 Å². The maximum absolute atomic E-state index is 13.8. The van der Waals surface area contributed by atoms with Crippen molar-refractivity contribution < 1.29 is 27.4 Å². The molecule has 1 amide bonds. The number of ether oxygens (including phenoxy) is 2. The predicted octanol–water partition coefficient (Wildman–Crippen LogP) is 3.34. The van der Waals surface area contributed by atoms with E-state index in [1.54, 1.807) is 7.11 Å². The number of rotatable bonds is 7. The van der Waals surface area contributed by atoms with Gasteiger partial charge in [-0.15, -0.1) is 0 Å². The second-order valence-corrected chi connectivity index (χ2v) is 10.3. The Labute approximate surface area is 205 Å². The zero-order valence-corrected chi connectivity index (χ0v) is 20.6. The lowest BCUT2D eigenvalue weighted by Gasteiger charge is -2.40. The molecule has 0 radical (unpaired) electrons. The number of hydrogen-bond acceptors (Lipinski definition) is 6. The molecular weight excluding hydrogens is 461 g/mol. The summed E-state index contributed by atoms with van der Waals surface area (Å²) >= 11 is 0. The van der Waals surface area contributed by atoms with Crippen LogP contribution < -0.4 is 10.2 Å². The molecule has 2 aliphatic heterocycles. The van der Waals surface area contributed by atoms with E-state index in [1.807, 2.05) is 9.80 Å². The zero-order chi connectivity index (χ0) is 25.1. The molecular formula is C25H37F3N4O3. The van der Waals surface area contributed by atoms with Crippen molar-refractivity contribution >= 4 is 11.7 Å². The smallest absolute Gasteiger partial charge is 0.385 e. The molecule has 4 rings (SSSR count). The third-order valence-corrected chi connectivity index (χ3v) is 7.90. The summed E-state index contributed by atoms with van der Waals surface area (Å²) in [6.45, 7) is 6.13. The molecule has 196 valence electrons. The number of halogens is 3. The van der Waals surface area contributed by atoms with E-state index in [9.17, 15) is 18.0 Å². The summed E-state index contributed by atoms with van der Waals surface area (Å²) in [6.07, 6.45) is 1.02. The van der Waals surface area contributed by atoms with Gasteiger partial charge in [-0.1, -0.05) is 6.92 Å². The molecule has 0 spiro atoms. The van der Waals surface area contributed by atoms with Gasteiger partial charge in [0, 0.05) is 64.8 Å². The molecule has 1 aliphatic carbocycles. The van der Waals surface area contributed by atoms with Gasteiger partial charge in [0.15, 0.2) is 0 Å². The number of carbonyl (C=O) groups is 1. The van der Waals surface area contributed by atoms with Crippen molar-refractivity contribution in [3.05, 3.63) is 23.9 Å². The Hall–Kier alpha value is -1.91. The van der Waals surface area contributed by atoms with Gasteiger partial charge in [0.1, 0.15) is 5.82 Å². The number of pyridine rings is 1. The Bertz CT molecular complexity index is 863. The van der Waals surface area contributed by atoms with Gasteiger partial charge in [-0.2, -0.15) is 13.2 Å². The molecule has 3 fully saturated rings. The quantitative estimate of drug-likeness (QED) is 0.622. The molecule has 4 atom stereocenters. The SMILES string of the molecule is COCC[C@]1(C(=O)N2CCN(c3cc(C(F)(F)F)ccn3)CC2)CC[C@@H](NC2CCOCC2C)C1. The van der Waals surface area contributed by atoms with Gasteiger partial charge in [-0.05, 0) is 50.2 Å². The molecule has 1 aromatic rings. The highest BCUT2D eigenvalue weighted by Gasteiger charge is 2.47. The normalized spacial score (nSPS) is 30.0. The number of alkyl halides is 3. The first kappa shape index (κ1) is 26.2. The van der Waals surface area contributed by atoms with E-state index in [0.29, 0.717) is 57.0 Å². The molecule has 35 heavy (non-hydrogen) atoms. The highest BCUT2D eigenvalue weighted by atomic mass is 19.4. The Morgan fingerprint density at radius 1 is 1.29 bits per heavy atom. The van der Waals surface area contributed by atoms with Crippen LogP contribution in [0, 0.1) is 11.3 Å². The summed E-state index contributed by atoms with van der Waals surface area (Å²) < 4.78 is 50.2. The minimum Gasteiger partial charge on any atom is -0.385 e. The van der Waals surface area contributed by atoms with E-state index in [4.69, 9.17) is 9.47 Å². The van der Waals surface area contributed by atoms with Crippen molar-refractivity contribution in [1.82, 2.24) is 15.2 Å². The number of nitrogens with zero attached hydrogens (tertiary/aromatic N) is 3. The molecule has 1 aromatic heterocycles. The first-order valence-corrected chi connectivity index (χ1v) is 12.6. The number of hydrogen-bond donors (Lipinski definition) is 1. The minimum atomic E-state index is -4.40. The Morgan fingerprint density at radius 3 is 2.74 bits per heavy atom. The minimum absolute atomic E-state index is 0.149. The molecule has 2 saturated heterocycles. The molecule has 1 saturated carbocycles. The van der Waals surface area contributed by atoms with Crippen LogP contribution in [0.15, 0.2) is 18.3 Å². The maximum atomic E-state index is 13.8. The molecule has 1 N–H and O–H groups in total. The van der Waals surface area contributed by atoms with Crippen molar-refractivity contribution in [1.29, 1.82) is 0 Å². The first-order chi connectivity index (χ1) is 16.7. The monoisotopic (exact) mass is 498 g/mol. The third-order valence-electron chi connectivity index (χ3n) is 7.90. The zero-order valence-electron chi connectivity index (χ0n) is 20.6. The number of carbonyl (C=O) groups excluding carboxylic acids is 1. The van der Waals surface area contributed by atoms with Crippen molar-refractivity contribution in [3.63, 3.8) is 0 Å². The van der Waals surface area contributed by atoms with E-state index < -0.39 is 17.2 Å². The summed E-state index contributed by atoms with van der Waals surface area (Å²) in [7, 11) is 1.66.